The molecule has 0 saturated carbocycles. The summed E-state index contributed by atoms with van der Waals surface area (Å²) in [4.78, 5) is 13.4. The molecule has 8 nitrogen and oxygen atoms in total. The number of rotatable bonds is 11. The molecule has 1 aliphatic rings. The topological polar surface area (TPSA) is 95.3 Å². The van der Waals surface area contributed by atoms with Gasteiger partial charge in [0.1, 0.15) is 11.9 Å². The van der Waals surface area contributed by atoms with Gasteiger partial charge in [-0.3, -0.25) is 0 Å². The fraction of sp³-hybridized carbons (Fsp3) is 0.708. The van der Waals surface area contributed by atoms with Gasteiger partial charge in [0.05, 0.1) is 19.4 Å². The maximum absolute atomic E-state index is 12.4. The minimum atomic E-state index is -0.398. The fourth-order valence-corrected chi connectivity index (χ4v) is 5.10. The highest BCUT2D eigenvalue weighted by Gasteiger charge is 2.32. The molecule has 1 heterocycles. The van der Waals surface area contributed by atoms with Crippen LogP contribution in [0.4, 0.5) is 10.5 Å². The highest BCUT2D eigenvalue weighted by atomic mass is 32.2. The molecule has 0 aromatic heterocycles. The summed E-state index contributed by atoms with van der Waals surface area (Å²) >= 11 is 1.67. The highest BCUT2D eigenvalue weighted by Crippen LogP contribution is 2.31. The predicted molar refractivity (Wildman–Crippen MR) is 132 cm³/mol. The SMILES string of the molecule is COc1cc(SN(CCCNC(=O)OC2COC(OC)C(C)CC2C)CC(C)C)ccc1N. The highest BCUT2D eigenvalue weighted by molar-refractivity contribution is 7.97. The Kier molecular flexibility index (Phi) is 11.6. The van der Waals surface area contributed by atoms with Crippen molar-refractivity contribution in [3.8, 4) is 5.75 Å². The first-order valence-electron chi connectivity index (χ1n) is 11.7. The lowest BCUT2D eigenvalue weighted by atomic mass is 9.94. The lowest BCUT2D eigenvalue weighted by Gasteiger charge is -2.24. The number of hydrogen-bond donors (Lipinski definition) is 2. The van der Waals surface area contributed by atoms with Gasteiger partial charge in [-0.15, -0.1) is 0 Å². The van der Waals surface area contributed by atoms with Crippen LogP contribution in [0.25, 0.3) is 0 Å². The lowest BCUT2D eigenvalue weighted by molar-refractivity contribution is -0.155. The molecule has 1 amide bonds. The Balaban J connectivity index is 1.79. The summed E-state index contributed by atoms with van der Waals surface area (Å²) in [6.45, 7) is 11.2. The van der Waals surface area contributed by atoms with Gasteiger partial charge in [-0.1, -0.05) is 27.7 Å². The van der Waals surface area contributed by atoms with E-state index >= 15 is 0 Å². The standard InChI is InChI=1S/C24H41N3O5S/c1-16(2)14-27(33-19-8-9-20(25)21(13-19)29-5)11-7-10-26-24(28)32-22-15-31-23(30-6)18(4)12-17(22)3/h8-9,13,16-18,22-23H,7,10-12,14-15,25H2,1-6H3,(H,26,28). The van der Waals surface area contributed by atoms with Crippen molar-refractivity contribution in [3.63, 3.8) is 0 Å². The summed E-state index contributed by atoms with van der Waals surface area (Å²) in [5, 5.41) is 2.89. The van der Waals surface area contributed by atoms with E-state index in [0.29, 0.717) is 30.5 Å². The van der Waals surface area contributed by atoms with Crippen LogP contribution in [0.5, 0.6) is 5.75 Å². The van der Waals surface area contributed by atoms with Crippen molar-refractivity contribution in [2.45, 2.75) is 57.8 Å². The first kappa shape index (κ1) is 27.6. The smallest absolute Gasteiger partial charge is 0.407 e. The quantitative estimate of drug-likeness (QED) is 0.272. The number of nitrogens with zero attached hydrogens (tertiary/aromatic N) is 1. The second kappa shape index (κ2) is 13.9. The summed E-state index contributed by atoms with van der Waals surface area (Å²) < 4.78 is 24.4. The summed E-state index contributed by atoms with van der Waals surface area (Å²) in [7, 11) is 3.26. The van der Waals surface area contributed by atoms with E-state index in [1.807, 2.05) is 18.2 Å². The average Bonchev–Trinajstić information content (AvgIpc) is 2.89. The number of nitrogens with two attached hydrogens (primary N) is 1. The average molecular weight is 484 g/mol. The minimum absolute atomic E-state index is 0.209. The predicted octanol–water partition coefficient (Wildman–Crippen LogP) is 4.39. The summed E-state index contributed by atoms with van der Waals surface area (Å²) in [6, 6.07) is 5.81. The van der Waals surface area contributed by atoms with Crippen LogP contribution in [0, 0.1) is 17.8 Å². The van der Waals surface area contributed by atoms with Gasteiger partial charge < -0.3 is 30.0 Å². The maximum Gasteiger partial charge on any atom is 0.407 e. The zero-order valence-corrected chi connectivity index (χ0v) is 21.7. The number of benzene rings is 1. The van der Waals surface area contributed by atoms with Crippen LogP contribution in [0.3, 0.4) is 0 Å². The van der Waals surface area contributed by atoms with Gasteiger partial charge in [0.15, 0.2) is 6.29 Å². The van der Waals surface area contributed by atoms with Crippen LogP contribution in [-0.4, -0.2) is 63.3 Å². The minimum Gasteiger partial charge on any atom is -0.495 e. The van der Waals surface area contributed by atoms with Crippen LogP contribution in [-0.2, 0) is 14.2 Å². The third-order valence-corrected chi connectivity index (χ3v) is 6.67. The molecular formula is C24H41N3O5S. The van der Waals surface area contributed by atoms with E-state index < -0.39 is 6.09 Å². The Morgan fingerprint density at radius 2 is 2.06 bits per heavy atom. The number of nitrogen functional groups attached to an aromatic ring is 1. The van der Waals surface area contributed by atoms with E-state index in [0.717, 1.165) is 30.8 Å². The molecule has 3 N–H and O–H groups in total. The molecule has 1 aliphatic heterocycles. The number of nitrogens with one attached hydrogen (secondary N) is 1. The Morgan fingerprint density at radius 1 is 1.30 bits per heavy atom. The molecule has 4 unspecified atom stereocenters. The van der Waals surface area contributed by atoms with Crippen LogP contribution in [0.2, 0.25) is 0 Å². The van der Waals surface area contributed by atoms with Crippen LogP contribution in [0.1, 0.15) is 40.5 Å². The molecule has 33 heavy (non-hydrogen) atoms. The molecule has 2 rings (SSSR count). The molecule has 188 valence electrons. The molecule has 9 heteroatoms. The van der Waals surface area contributed by atoms with Crippen LogP contribution < -0.4 is 15.8 Å². The Hall–Kier alpha value is -1.68. The zero-order valence-electron chi connectivity index (χ0n) is 20.8. The Bertz CT molecular complexity index is 736. The number of alkyl carbamates (subject to hydrolysis) is 1. The van der Waals surface area contributed by atoms with Gasteiger partial charge in [0.25, 0.3) is 0 Å². The van der Waals surface area contributed by atoms with E-state index in [1.165, 1.54) is 0 Å². The number of anilines is 1. The number of amides is 1. The molecule has 1 aromatic rings. The van der Waals surface area contributed by atoms with Crippen molar-refractivity contribution in [2.75, 3.05) is 46.2 Å². The molecule has 1 fully saturated rings. The Morgan fingerprint density at radius 3 is 2.73 bits per heavy atom. The molecule has 0 bridgehead atoms. The summed E-state index contributed by atoms with van der Waals surface area (Å²) in [6.07, 6.45) is 0.759. The number of ether oxygens (including phenoxy) is 4. The largest absolute Gasteiger partial charge is 0.495 e. The zero-order chi connectivity index (χ0) is 24.4. The number of hydrogen-bond acceptors (Lipinski definition) is 8. The van der Waals surface area contributed by atoms with Crippen LogP contribution >= 0.6 is 11.9 Å². The number of carbonyl (C=O) groups excluding carboxylic acids is 1. The van der Waals surface area contributed by atoms with Gasteiger partial charge in [-0.2, -0.15) is 0 Å². The van der Waals surface area contributed by atoms with Gasteiger partial charge in [-0.25, -0.2) is 9.10 Å². The molecular weight excluding hydrogens is 442 g/mol. The second-order valence-corrected chi connectivity index (χ2v) is 10.3. The van der Waals surface area contributed by atoms with E-state index in [9.17, 15) is 4.79 Å². The molecule has 0 aliphatic carbocycles. The summed E-state index contributed by atoms with van der Waals surface area (Å²) in [5.41, 5.74) is 6.55. The first-order chi connectivity index (χ1) is 15.7. The van der Waals surface area contributed by atoms with Gasteiger partial charge >= 0.3 is 6.09 Å². The fourth-order valence-electron chi connectivity index (χ4n) is 3.92. The van der Waals surface area contributed by atoms with Crippen molar-refractivity contribution in [1.29, 1.82) is 0 Å². The van der Waals surface area contributed by atoms with Crippen molar-refractivity contribution in [3.05, 3.63) is 18.2 Å². The number of carbonyl (C=O) groups is 1. The number of methoxy groups -OCH3 is 2. The van der Waals surface area contributed by atoms with Crippen molar-refractivity contribution in [2.24, 2.45) is 17.8 Å². The van der Waals surface area contributed by atoms with Gasteiger partial charge in [0, 0.05) is 37.6 Å². The van der Waals surface area contributed by atoms with Crippen LogP contribution in [0.15, 0.2) is 23.1 Å². The maximum atomic E-state index is 12.4. The molecule has 0 radical (unpaired) electrons. The van der Waals surface area contributed by atoms with E-state index in [2.05, 4.69) is 37.3 Å². The summed E-state index contributed by atoms with van der Waals surface area (Å²) in [5.74, 6) is 1.66. The van der Waals surface area contributed by atoms with E-state index in [4.69, 9.17) is 24.7 Å². The molecule has 1 saturated heterocycles. The normalized spacial score (nSPS) is 23.4. The second-order valence-electron chi connectivity index (χ2n) is 9.13. The van der Waals surface area contributed by atoms with E-state index in [-0.39, 0.29) is 24.2 Å². The third-order valence-electron chi connectivity index (χ3n) is 5.62. The van der Waals surface area contributed by atoms with Crippen molar-refractivity contribution in [1.82, 2.24) is 9.62 Å². The molecule has 0 spiro atoms. The van der Waals surface area contributed by atoms with Gasteiger partial charge in [0.2, 0.25) is 0 Å². The lowest BCUT2D eigenvalue weighted by Crippen LogP contribution is -2.35. The molecule has 4 atom stereocenters. The van der Waals surface area contributed by atoms with Crippen molar-refractivity contribution >= 4 is 23.7 Å². The van der Waals surface area contributed by atoms with Gasteiger partial charge in [-0.05, 0) is 54.8 Å². The Labute approximate surface area is 203 Å². The first-order valence-corrected chi connectivity index (χ1v) is 12.5. The monoisotopic (exact) mass is 483 g/mol. The third kappa shape index (κ3) is 9.23. The van der Waals surface area contributed by atoms with Crippen molar-refractivity contribution < 1.29 is 23.7 Å². The van der Waals surface area contributed by atoms with E-state index in [1.54, 1.807) is 26.2 Å². The molecule has 1 aromatic carbocycles.